The maximum Gasteiger partial charge on any atom is 0.269 e. The van der Waals surface area contributed by atoms with E-state index in [2.05, 4.69) is 20.4 Å². The van der Waals surface area contributed by atoms with E-state index in [0.29, 0.717) is 5.69 Å². The topological polar surface area (TPSA) is 61.0 Å². The zero-order chi connectivity index (χ0) is 15.7. The average molecular weight is 323 g/mol. The summed E-state index contributed by atoms with van der Waals surface area (Å²) < 4.78 is 13.7. The molecular formula is C15H16ClFN4O. The quantitative estimate of drug-likeness (QED) is 0.912. The fourth-order valence-electron chi connectivity index (χ4n) is 2.91. The Balaban J connectivity index is 1.81. The number of nitrogens with zero attached hydrogens (tertiary/aromatic N) is 2. The highest BCUT2D eigenvalue weighted by Crippen LogP contribution is 2.32. The molecule has 1 aromatic carbocycles. The van der Waals surface area contributed by atoms with Crippen LogP contribution >= 0.6 is 11.6 Å². The third-order valence-corrected chi connectivity index (χ3v) is 4.30. The Bertz CT molecular complexity index is 676. The number of hydrogen-bond acceptors (Lipinski definition) is 3. The van der Waals surface area contributed by atoms with Crippen LogP contribution in [0.4, 0.5) is 4.39 Å². The van der Waals surface area contributed by atoms with Gasteiger partial charge in [0.25, 0.3) is 5.91 Å². The standard InChI is InChI=1S/C15H16ClFN4O/c1-21-7-5-12(19-15(22)13-4-6-18-20-13)14(21)9-2-3-10(16)11(17)8-9/h2-4,6,8,12,14H,5,7H2,1H3,(H,18,20)(H,19,22)/t12-,14+/m0/s1. The lowest BCUT2D eigenvalue weighted by atomic mass is 10.00. The summed E-state index contributed by atoms with van der Waals surface area (Å²) in [5.74, 6) is -0.657. The van der Waals surface area contributed by atoms with Gasteiger partial charge >= 0.3 is 0 Å². The molecule has 1 amide bonds. The molecule has 0 radical (unpaired) electrons. The second-order valence-electron chi connectivity index (χ2n) is 5.44. The second-order valence-corrected chi connectivity index (χ2v) is 5.85. The number of H-pyrrole nitrogens is 1. The molecule has 116 valence electrons. The van der Waals surface area contributed by atoms with Crippen molar-refractivity contribution >= 4 is 17.5 Å². The Morgan fingerprint density at radius 1 is 1.50 bits per heavy atom. The van der Waals surface area contributed by atoms with Crippen molar-refractivity contribution < 1.29 is 9.18 Å². The molecule has 0 unspecified atom stereocenters. The Labute approximate surface area is 132 Å². The van der Waals surface area contributed by atoms with Crippen LogP contribution in [0.15, 0.2) is 30.5 Å². The lowest BCUT2D eigenvalue weighted by molar-refractivity contribution is 0.0922. The molecule has 5 nitrogen and oxygen atoms in total. The molecule has 1 fully saturated rings. The highest BCUT2D eigenvalue weighted by molar-refractivity contribution is 6.30. The summed E-state index contributed by atoms with van der Waals surface area (Å²) in [5, 5.41) is 9.50. The van der Waals surface area contributed by atoms with Crippen LogP contribution in [0.5, 0.6) is 0 Å². The van der Waals surface area contributed by atoms with E-state index >= 15 is 0 Å². The summed E-state index contributed by atoms with van der Waals surface area (Å²) in [5.41, 5.74) is 1.22. The predicted molar refractivity (Wildman–Crippen MR) is 81.2 cm³/mol. The van der Waals surface area contributed by atoms with Gasteiger partial charge in [-0.3, -0.25) is 14.8 Å². The molecule has 1 saturated heterocycles. The Kier molecular flexibility index (Phi) is 4.13. The van der Waals surface area contributed by atoms with Crippen LogP contribution < -0.4 is 5.32 Å². The summed E-state index contributed by atoms with van der Waals surface area (Å²) in [6.45, 7) is 0.822. The minimum Gasteiger partial charge on any atom is -0.346 e. The van der Waals surface area contributed by atoms with Gasteiger partial charge in [0.2, 0.25) is 0 Å². The Morgan fingerprint density at radius 2 is 2.32 bits per heavy atom. The zero-order valence-corrected chi connectivity index (χ0v) is 12.8. The third kappa shape index (κ3) is 2.84. The van der Waals surface area contributed by atoms with E-state index in [1.165, 1.54) is 12.3 Å². The number of amides is 1. The minimum absolute atomic E-state index is 0.0846. The van der Waals surface area contributed by atoms with Crippen LogP contribution in [0.3, 0.4) is 0 Å². The summed E-state index contributed by atoms with van der Waals surface area (Å²) in [7, 11) is 1.96. The van der Waals surface area contributed by atoms with E-state index in [1.54, 1.807) is 18.2 Å². The highest BCUT2D eigenvalue weighted by Gasteiger charge is 2.34. The number of benzene rings is 1. The fourth-order valence-corrected chi connectivity index (χ4v) is 3.03. The second kappa shape index (κ2) is 6.06. The van der Waals surface area contributed by atoms with Crippen LogP contribution in [0, 0.1) is 5.82 Å². The molecule has 0 aliphatic carbocycles. The summed E-state index contributed by atoms with van der Waals surface area (Å²) in [4.78, 5) is 14.3. The number of halogens is 2. The van der Waals surface area contributed by atoms with E-state index in [-0.39, 0.29) is 23.0 Å². The average Bonchev–Trinajstić information content (AvgIpc) is 3.13. The van der Waals surface area contributed by atoms with Crippen molar-refractivity contribution in [2.24, 2.45) is 0 Å². The lowest BCUT2D eigenvalue weighted by Crippen LogP contribution is -2.39. The molecule has 3 rings (SSSR count). The van der Waals surface area contributed by atoms with Gasteiger partial charge < -0.3 is 5.32 Å². The van der Waals surface area contributed by atoms with Crippen LogP contribution in [-0.4, -0.2) is 40.6 Å². The van der Waals surface area contributed by atoms with Crippen molar-refractivity contribution in [2.45, 2.75) is 18.5 Å². The van der Waals surface area contributed by atoms with E-state index < -0.39 is 5.82 Å². The van der Waals surface area contributed by atoms with Gasteiger partial charge in [-0.05, 0) is 37.2 Å². The van der Waals surface area contributed by atoms with Crippen LogP contribution in [0.2, 0.25) is 5.02 Å². The summed E-state index contributed by atoms with van der Waals surface area (Å²) in [6, 6.07) is 6.22. The number of nitrogens with one attached hydrogen (secondary N) is 2. The van der Waals surface area contributed by atoms with Crippen LogP contribution in [0.25, 0.3) is 0 Å². The molecule has 1 aliphatic heterocycles. The predicted octanol–water partition coefficient (Wildman–Crippen LogP) is 2.38. The molecule has 7 heteroatoms. The lowest BCUT2D eigenvalue weighted by Gasteiger charge is -2.26. The van der Waals surface area contributed by atoms with Crippen molar-refractivity contribution in [1.29, 1.82) is 0 Å². The van der Waals surface area contributed by atoms with Crippen molar-refractivity contribution in [2.75, 3.05) is 13.6 Å². The minimum atomic E-state index is -0.446. The summed E-state index contributed by atoms with van der Waals surface area (Å²) >= 11 is 5.74. The molecule has 2 aromatic rings. The van der Waals surface area contributed by atoms with Gasteiger partial charge in [-0.1, -0.05) is 17.7 Å². The van der Waals surface area contributed by atoms with Crippen molar-refractivity contribution in [3.63, 3.8) is 0 Å². The van der Waals surface area contributed by atoms with Gasteiger partial charge in [0, 0.05) is 12.7 Å². The number of likely N-dealkylation sites (tertiary alicyclic amines) is 1. The molecule has 1 aliphatic rings. The van der Waals surface area contributed by atoms with Gasteiger partial charge in [-0.15, -0.1) is 0 Å². The van der Waals surface area contributed by atoms with E-state index in [0.717, 1.165) is 18.5 Å². The molecule has 0 saturated carbocycles. The summed E-state index contributed by atoms with van der Waals surface area (Å²) in [6.07, 6.45) is 2.33. The van der Waals surface area contributed by atoms with Gasteiger partial charge in [0.1, 0.15) is 11.5 Å². The maximum atomic E-state index is 13.7. The van der Waals surface area contributed by atoms with E-state index in [1.807, 2.05) is 7.05 Å². The van der Waals surface area contributed by atoms with E-state index in [4.69, 9.17) is 11.6 Å². The molecule has 0 bridgehead atoms. The van der Waals surface area contributed by atoms with Gasteiger partial charge in [0.05, 0.1) is 17.1 Å². The molecule has 1 aromatic heterocycles. The molecule has 2 N–H and O–H groups in total. The van der Waals surface area contributed by atoms with Crippen molar-refractivity contribution in [1.82, 2.24) is 20.4 Å². The number of carbonyl (C=O) groups excluding carboxylic acids is 1. The van der Waals surface area contributed by atoms with Crippen LogP contribution in [-0.2, 0) is 0 Å². The molecule has 2 heterocycles. The van der Waals surface area contributed by atoms with Crippen LogP contribution in [0.1, 0.15) is 28.5 Å². The monoisotopic (exact) mass is 322 g/mol. The largest absolute Gasteiger partial charge is 0.346 e. The Morgan fingerprint density at radius 3 is 3.00 bits per heavy atom. The van der Waals surface area contributed by atoms with Gasteiger partial charge in [-0.2, -0.15) is 5.10 Å². The first-order valence-electron chi connectivity index (χ1n) is 7.01. The number of likely N-dealkylation sites (N-methyl/N-ethyl adjacent to an activating group) is 1. The van der Waals surface area contributed by atoms with Gasteiger partial charge in [-0.25, -0.2) is 4.39 Å². The SMILES string of the molecule is CN1CC[C@H](NC(=O)c2ccn[nH]2)[C@H]1c1ccc(Cl)c(F)c1. The molecule has 22 heavy (non-hydrogen) atoms. The van der Waals surface area contributed by atoms with Crippen molar-refractivity contribution in [3.8, 4) is 0 Å². The number of hydrogen-bond donors (Lipinski definition) is 2. The Hall–Kier alpha value is -1.92. The third-order valence-electron chi connectivity index (χ3n) is 4.00. The normalized spacial score (nSPS) is 22.0. The zero-order valence-electron chi connectivity index (χ0n) is 12.0. The maximum absolute atomic E-state index is 13.7. The van der Waals surface area contributed by atoms with Crippen molar-refractivity contribution in [3.05, 3.63) is 52.6 Å². The smallest absolute Gasteiger partial charge is 0.269 e. The number of rotatable bonds is 3. The number of aromatic nitrogens is 2. The fraction of sp³-hybridized carbons (Fsp3) is 0.333. The first-order chi connectivity index (χ1) is 10.6. The molecular weight excluding hydrogens is 307 g/mol. The van der Waals surface area contributed by atoms with E-state index in [9.17, 15) is 9.18 Å². The highest BCUT2D eigenvalue weighted by atomic mass is 35.5. The first-order valence-corrected chi connectivity index (χ1v) is 7.39. The number of aromatic amines is 1. The number of carbonyl (C=O) groups is 1. The first kappa shape index (κ1) is 15.0. The molecule has 2 atom stereocenters. The van der Waals surface area contributed by atoms with Gasteiger partial charge in [0.15, 0.2) is 0 Å². The molecule has 0 spiro atoms.